The normalized spacial score (nSPS) is 14.8. The van der Waals surface area contributed by atoms with Crippen LogP contribution in [0.2, 0.25) is 0 Å². The summed E-state index contributed by atoms with van der Waals surface area (Å²) in [5.41, 5.74) is 26.8. The van der Waals surface area contributed by atoms with Gasteiger partial charge in [-0.15, -0.1) is 0 Å². The Kier molecular flexibility index (Phi) is 10.0. The Morgan fingerprint density at radius 2 is 0.782 bits per heavy atom. The molecule has 19 rings (SSSR count). The number of hydrogen-bond donors (Lipinski definition) is 0. The molecule has 1 unspecified atom stereocenters. The highest BCUT2D eigenvalue weighted by atomic mass is 15.1. The first kappa shape index (κ1) is 48.1. The smallest absolute Gasteiger partial charge is 0.0755 e. The zero-order valence-electron chi connectivity index (χ0n) is 47.4. The van der Waals surface area contributed by atoms with Gasteiger partial charge in [0.25, 0.3) is 0 Å². The molecule has 3 nitrogen and oxygen atoms in total. The van der Waals surface area contributed by atoms with Gasteiger partial charge in [-0.2, -0.15) is 0 Å². The van der Waals surface area contributed by atoms with E-state index in [1.807, 2.05) is 0 Å². The van der Waals surface area contributed by atoms with Gasteiger partial charge in [-0.05, 0) is 150 Å². The molecule has 14 aromatic carbocycles. The number of hydrogen-bond acceptors (Lipinski definition) is 1. The molecule has 0 bridgehead atoms. The highest BCUT2D eigenvalue weighted by molar-refractivity contribution is 6.14. The van der Waals surface area contributed by atoms with Crippen LogP contribution in [0.1, 0.15) is 44.5 Å². The summed E-state index contributed by atoms with van der Waals surface area (Å²) < 4.78 is 4.93. The van der Waals surface area contributed by atoms with E-state index < -0.39 is 10.8 Å². The fraction of sp³-hybridized carbons (Fsp3) is 0.0238. The number of fused-ring (bicyclic) bond motifs is 20. The Hall–Kier alpha value is -11.3. The van der Waals surface area contributed by atoms with Crippen LogP contribution < -0.4 is 4.90 Å². The molecule has 1 atom stereocenters. The van der Waals surface area contributed by atoms with E-state index in [0.29, 0.717) is 0 Å². The summed E-state index contributed by atoms with van der Waals surface area (Å²) in [6, 6.07) is 121. The minimum atomic E-state index is -0.633. The minimum Gasteiger partial charge on any atom is -0.310 e. The van der Waals surface area contributed by atoms with Crippen LogP contribution in [0.15, 0.2) is 322 Å². The summed E-state index contributed by atoms with van der Waals surface area (Å²) in [7, 11) is 0. The summed E-state index contributed by atoms with van der Waals surface area (Å²) in [6.07, 6.45) is 0. The number of nitrogens with zero attached hydrogens (tertiary/aromatic N) is 3. The van der Waals surface area contributed by atoms with Gasteiger partial charge >= 0.3 is 0 Å². The third-order valence-electron chi connectivity index (χ3n) is 19.8. The Morgan fingerprint density at radius 1 is 0.276 bits per heavy atom. The molecular weight excluding hydrogens is 1050 g/mol. The molecule has 3 heterocycles. The maximum absolute atomic E-state index is 2.57. The Morgan fingerprint density at radius 3 is 1.49 bits per heavy atom. The van der Waals surface area contributed by atoms with Crippen molar-refractivity contribution in [2.45, 2.75) is 10.8 Å². The second kappa shape index (κ2) is 18.1. The van der Waals surface area contributed by atoms with Crippen molar-refractivity contribution in [3.05, 3.63) is 366 Å². The molecule has 0 saturated carbocycles. The first-order valence-corrected chi connectivity index (χ1v) is 30.3. The molecule has 2 aromatic heterocycles. The number of benzene rings is 14. The molecule has 87 heavy (non-hydrogen) atoms. The van der Waals surface area contributed by atoms with Gasteiger partial charge in [-0.1, -0.05) is 255 Å². The van der Waals surface area contributed by atoms with Gasteiger partial charge in [0.1, 0.15) is 0 Å². The van der Waals surface area contributed by atoms with E-state index in [4.69, 9.17) is 0 Å². The molecule has 404 valence electrons. The lowest BCUT2D eigenvalue weighted by molar-refractivity contribution is 0.748. The minimum absolute atomic E-state index is 0.625. The van der Waals surface area contributed by atoms with Crippen LogP contribution in [0.25, 0.3) is 99.1 Å². The van der Waals surface area contributed by atoms with Crippen LogP contribution in [0.4, 0.5) is 17.1 Å². The molecule has 0 N–H and O–H groups in total. The molecule has 16 aromatic rings. The van der Waals surface area contributed by atoms with Crippen molar-refractivity contribution in [1.82, 2.24) is 9.13 Å². The van der Waals surface area contributed by atoms with Crippen molar-refractivity contribution < 1.29 is 0 Å². The highest BCUT2D eigenvalue weighted by Gasteiger charge is 2.52. The number of aromatic nitrogens is 2. The van der Waals surface area contributed by atoms with Crippen LogP contribution in [-0.4, -0.2) is 9.13 Å². The summed E-state index contributed by atoms with van der Waals surface area (Å²) in [5, 5.41) is 7.56. The third kappa shape index (κ3) is 6.39. The van der Waals surface area contributed by atoms with E-state index in [-0.39, 0.29) is 0 Å². The van der Waals surface area contributed by atoms with Gasteiger partial charge in [0.2, 0.25) is 0 Å². The van der Waals surface area contributed by atoms with Gasteiger partial charge < -0.3 is 14.0 Å². The lowest BCUT2D eigenvalue weighted by Crippen LogP contribution is -2.33. The van der Waals surface area contributed by atoms with Crippen LogP contribution in [-0.2, 0) is 10.8 Å². The van der Waals surface area contributed by atoms with Crippen molar-refractivity contribution >= 4 is 71.4 Å². The van der Waals surface area contributed by atoms with Gasteiger partial charge in [-0.25, -0.2) is 0 Å². The standard InChI is InChI=1S/C84H53N3/c1-3-22-57(23-4-1)83(58-24-5-2-6-25-58)72-52-45-56-21-7-8-26-62(56)80(72)68-51-50-61(53-74(68)83)85(59-46-41-54(42-47-59)55-43-48-60(49-44-55)86-75-36-15-10-27-63(75)64-28-11-16-37-76(64)86)79-40-20-34-71-81(79)67-30-9-13-32-69(67)84(71)70-33-14-18-39-78(70)87-77-38-17-12-29-65(77)66-31-19-35-73(84)82(66)87/h1-53H. The van der Waals surface area contributed by atoms with Crippen molar-refractivity contribution in [3.8, 4) is 44.8 Å². The van der Waals surface area contributed by atoms with Crippen LogP contribution in [0.3, 0.4) is 0 Å². The third-order valence-corrected chi connectivity index (χ3v) is 19.8. The first-order chi connectivity index (χ1) is 43.2. The van der Waals surface area contributed by atoms with Crippen LogP contribution in [0, 0.1) is 0 Å². The van der Waals surface area contributed by atoms with Gasteiger partial charge in [0.15, 0.2) is 0 Å². The summed E-state index contributed by atoms with van der Waals surface area (Å²) in [5.74, 6) is 0. The number of para-hydroxylation sites is 5. The predicted molar refractivity (Wildman–Crippen MR) is 361 cm³/mol. The van der Waals surface area contributed by atoms with Crippen molar-refractivity contribution in [3.63, 3.8) is 0 Å². The summed E-state index contributed by atoms with van der Waals surface area (Å²) in [6.45, 7) is 0. The summed E-state index contributed by atoms with van der Waals surface area (Å²) >= 11 is 0. The molecule has 1 spiro atoms. The van der Waals surface area contributed by atoms with Gasteiger partial charge in [-0.3, -0.25) is 0 Å². The van der Waals surface area contributed by atoms with E-state index in [9.17, 15) is 0 Å². The Bertz CT molecular complexity index is 5420. The Labute approximate surface area is 504 Å². The molecule has 0 radical (unpaired) electrons. The lowest BCUT2D eigenvalue weighted by Gasteiger charge is -2.39. The largest absolute Gasteiger partial charge is 0.310 e. The number of rotatable bonds is 7. The van der Waals surface area contributed by atoms with Crippen molar-refractivity contribution in [2.24, 2.45) is 0 Å². The molecule has 1 aliphatic heterocycles. The second-order valence-corrected chi connectivity index (χ2v) is 23.8. The highest BCUT2D eigenvalue weighted by Crippen LogP contribution is 2.64. The predicted octanol–water partition coefficient (Wildman–Crippen LogP) is 21.2. The fourth-order valence-corrected chi connectivity index (χ4v) is 16.4. The fourth-order valence-electron chi connectivity index (χ4n) is 16.4. The van der Waals surface area contributed by atoms with E-state index in [1.165, 1.54) is 127 Å². The molecule has 0 amide bonds. The quantitative estimate of drug-likeness (QED) is 0.155. The maximum atomic E-state index is 2.57. The monoisotopic (exact) mass is 1100 g/mol. The SMILES string of the molecule is c1ccc(C2(c3ccccc3)c3cc(N(c4ccc(-c5ccc(-n6c7ccccc7c7ccccc76)cc5)cc4)c4cccc5c4-c4ccccc4C54c5ccccc5-n5c6ccccc6c6cccc4c65)ccc3-c3c2ccc2ccccc32)cc1. The average Bonchev–Trinajstić information content (AvgIpc) is 1.54. The van der Waals surface area contributed by atoms with Crippen LogP contribution >= 0.6 is 0 Å². The van der Waals surface area contributed by atoms with E-state index in [2.05, 4.69) is 336 Å². The summed E-state index contributed by atoms with van der Waals surface area (Å²) in [4.78, 5) is 2.57. The second-order valence-electron chi connectivity index (χ2n) is 23.8. The van der Waals surface area contributed by atoms with E-state index >= 15 is 0 Å². The maximum Gasteiger partial charge on any atom is 0.0755 e. The molecule has 0 saturated heterocycles. The van der Waals surface area contributed by atoms with Crippen LogP contribution in [0.5, 0.6) is 0 Å². The molecule has 0 fully saturated rings. The molecule has 3 aliphatic rings. The first-order valence-electron chi connectivity index (χ1n) is 30.3. The van der Waals surface area contributed by atoms with E-state index in [1.54, 1.807) is 0 Å². The Balaban J connectivity index is 0.857. The molecule has 2 aliphatic carbocycles. The average molecular weight is 1100 g/mol. The zero-order chi connectivity index (χ0) is 57.0. The molecular formula is C84H53N3. The zero-order valence-corrected chi connectivity index (χ0v) is 47.4. The molecule has 3 heteroatoms. The van der Waals surface area contributed by atoms with Crippen molar-refractivity contribution in [1.29, 1.82) is 0 Å². The van der Waals surface area contributed by atoms with Gasteiger partial charge in [0, 0.05) is 44.2 Å². The van der Waals surface area contributed by atoms with Gasteiger partial charge in [0.05, 0.1) is 44.3 Å². The van der Waals surface area contributed by atoms with Crippen molar-refractivity contribution in [2.75, 3.05) is 4.90 Å². The number of anilines is 3. The lowest BCUT2D eigenvalue weighted by atomic mass is 9.65. The topological polar surface area (TPSA) is 13.1 Å². The van der Waals surface area contributed by atoms with E-state index in [0.717, 1.165) is 33.9 Å².